The van der Waals surface area contributed by atoms with Crippen LogP contribution in [0.25, 0.3) is 0 Å². The molecule has 5 nitrogen and oxygen atoms in total. The average molecular weight is 299 g/mol. The van der Waals surface area contributed by atoms with Gasteiger partial charge in [-0.2, -0.15) is 0 Å². The fourth-order valence-electron chi connectivity index (χ4n) is 1.41. The van der Waals surface area contributed by atoms with E-state index in [0.717, 1.165) is 0 Å². The summed E-state index contributed by atoms with van der Waals surface area (Å²) < 4.78 is 0. The molecule has 1 atom stereocenters. The molecule has 110 valence electrons. The van der Waals surface area contributed by atoms with Crippen LogP contribution in [0.5, 0.6) is 0 Å². The Balaban J connectivity index is 2.66. The van der Waals surface area contributed by atoms with E-state index in [9.17, 15) is 9.59 Å². The first-order valence-corrected chi connectivity index (χ1v) is 6.76. The number of aromatic carboxylic acids is 1. The summed E-state index contributed by atoms with van der Waals surface area (Å²) in [6, 6.07) is 3.75. The fraction of sp³-hybridized carbons (Fsp3) is 0.429. The van der Waals surface area contributed by atoms with Gasteiger partial charge in [0.1, 0.15) is 0 Å². The molecule has 0 aliphatic rings. The van der Waals surface area contributed by atoms with Crippen LogP contribution in [0.15, 0.2) is 18.2 Å². The molecule has 0 radical (unpaired) electrons. The molecule has 0 bridgehead atoms. The molecule has 1 aromatic rings. The molecule has 6 heteroatoms. The number of carbonyl (C=O) groups is 2. The number of amides is 2. The lowest BCUT2D eigenvalue weighted by molar-refractivity contribution is 0.0697. The minimum absolute atomic E-state index is 0.0697. The number of rotatable bonds is 5. The number of urea groups is 1. The van der Waals surface area contributed by atoms with Crippen LogP contribution in [0.1, 0.15) is 31.1 Å². The van der Waals surface area contributed by atoms with Crippen molar-refractivity contribution in [2.75, 3.05) is 11.9 Å². The first kappa shape index (κ1) is 16.3. The standard InChI is InChI=1S/C14H19ClN2O3/c1-8(2)9(3)7-16-14(20)17-12-6-10(13(18)19)4-5-11(12)15/h4-6,8-9H,7H2,1-3H3,(H,18,19)(H2,16,17,20). The number of halogens is 1. The summed E-state index contributed by atoms with van der Waals surface area (Å²) in [5.74, 6) is -0.255. The highest BCUT2D eigenvalue weighted by atomic mass is 35.5. The van der Waals surface area contributed by atoms with Crippen LogP contribution in [-0.2, 0) is 0 Å². The lowest BCUT2D eigenvalue weighted by Gasteiger charge is -2.16. The molecular weight excluding hydrogens is 280 g/mol. The van der Waals surface area contributed by atoms with Crippen LogP contribution in [0, 0.1) is 11.8 Å². The molecule has 0 fully saturated rings. The van der Waals surface area contributed by atoms with Crippen molar-refractivity contribution in [3.05, 3.63) is 28.8 Å². The Kier molecular flexibility index (Phi) is 5.82. The summed E-state index contributed by atoms with van der Waals surface area (Å²) in [6.45, 7) is 6.75. The molecule has 2 amide bonds. The number of hydrogen-bond acceptors (Lipinski definition) is 2. The molecule has 1 rings (SSSR count). The number of nitrogens with one attached hydrogen (secondary N) is 2. The molecule has 1 unspecified atom stereocenters. The molecule has 0 aromatic heterocycles. The summed E-state index contributed by atoms with van der Waals surface area (Å²) in [5.41, 5.74) is 0.349. The number of anilines is 1. The molecule has 0 saturated heterocycles. The Labute approximate surface area is 123 Å². The number of benzene rings is 1. The van der Waals surface area contributed by atoms with Gasteiger partial charge in [0.05, 0.1) is 16.3 Å². The summed E-state index contributed by atoms with van der Waals surface area (Å²) in [4.78, 5) is 22.6. The van der Waals surface area contributed by atoms with E-state index in [4.69, 9.17) is 16.7 Å². The fourth-order valence-corrected chi connectivity index (χ4v) is 1.57. The predicted octanol–water partition coefficient (Wildman–Crippen LogP) is 3.45. The Morgan fingerprint density at radius 1 is 1.30 bits per heavy atom. The molecule has 0 spiro atoms. The number of carboxylic acid groups (broad SMARTS) is 1. The zero-order valence-electron chi connectivity index (χ0n) is 11.7. The van der Waals surface area contributed by atoms with Crippen molar-refractivity contribution < 1.29 is 14.7 Å². The minimum Gasteiger partial charge on any atom is -0.478 e. The Morgan fingerprint density at radius 3 is 2.50 bits per heavy atom. The summed E-state index contributed by atoms with van der Waals surface area (Å²) >= 11 is 5.92. The Hall–Kier alpha value is -1.75. The van der Waals surface area contributed by atoms with E-state index in [2.05, 4.69) is 24.5 Å². The van der Waals surface area contributed by atoms with Gasteiger partial charge in [-0.15, -0.1) is 0 Å². The SMILES string of the molecule is CC(C)C(C)CNC(=O)Nc1cc(C(=O)O)ccc1Cl. The highest BCUT2D eigenvalue weighted by molar-refractivity contribution is 6.33. The van der Waals surface area contributed by atoms with Gasteiger partial charge >= 0.3 is 12.0 Å². The third kappa shape index (κ3) is 4.74. The van der Waals surface area contributed by atoms with E-state index in [1.165, 1.54) is 18.2 Å². The van der Waals surface area contributed by atoms with Crippen LogP contribution < -0.4 is 10.6 Å². The number of hydrogen-bond donors (Lipinski definition) is 3. The highest BCUT2D eigenvalue weighted by Gasteiger charge is 2.12. The second-order valence-electron chi connectivity index (χ2n) is 5.06. The minimum atomic E-state index is -1.07. The van der Waals surface area contributed by atoms with E-state index < -0.39 is 12.0 Å². The summed E-state index contributed by atoms with van der Waals surface area (Å²) in [7, 11) is 0. The van der Waals surface area contributed by atoms with Gasteiger partial charge in [0.2, 0.25) is 0 Å². The molecule has 0 aliphatic carbocycles. The zero-order chi connectivity index (χ0) is 15.3. The van der Waals surface area contributed by atoms with E-state index in [0.29, 0.717) is 23.4 Å². The monoisotopic (exact) mass is 298 g/mol. The zero-order valence-corrected chi connectivity index (χ0v) is 12.5. The van der Waals surface area contributed by atoms with E-state index in [-0.39, 0.29) is 11.3 Å². The van der Waals surface area contributed by atoms with Gasteiger partial charge in [0.25, 0.3) is 0 Å². The van der Waals surface area contributed by atoms with Crippen LogP contribution in [-0.4, -0.2) is 23.7 Å². The third-order valence-corrected chi connectivity index (χ3v) is 3.51. The van der Waals surface area contributed by atoms with Gasteiger partial charge in [-0.1, -0.05) is 32.4 Å². The highest BCUT2D eigenvalue weighted by Crippen LogP contribution is 2.23. The van der Waals surface area contributed by atoms with Gasteiger partial charge in [0, 0.05) is 6.54 Å². The van der Waals surface area contributed by atoms with Gasteiger partial charge in [-0.25, -0.2) is 9.59 Å². The topological polar surface area (TPSA) is 78.4 Å². The molecule has 0 heterocycles. The second kappa shape index (κ2) is 7.14. The lowest BCUT2D eigenvalue weighted by Crippen LogP contribution is -2.33. The summed E-state index contributed by atoms with van der Waals surface area (Å²) in [5, 5.41) is 14.5. The molecular formula is C14H19ClN2O3. The van der Waals surface area contributed by atoms with Crippen LogP contribution >= 0.6 is 11.6 Å². The van der Waals surface area contributed by atoms with Crippen molar-refractivity contribution in [1.29, 1.82) is 0 Å². The van der Waals surface area contributed by atoms with Gasteiger partial charge < -0.3 is 15.7 Å². The maximum absolute atomic E-state index is 11.7. The summed E-state index contributed by atoms with van der Waals surface area (Å²) in [6.07, 6.45) is 0. The van der Waals surface area contributed by atoms with Crippen LogP contribution in [0.3, 0.4) is 0 Å². The normalized spacial score (nSPS) is 12.1. The molecule has 0 aliphatic heterocycles. The van der Waals surface area contributed by atoms with Crippen molar-refractivity contribution in [3.63, 3.8) is 0 Å². The quantitative estimate of drug-likeness (QED) is 0.779. The first-order chi connectivity index (χ1) is 9.31. The van der Waals surface area contributed by atoms with Crippen molar-refractivity contribution in [2.45, 2.75) is 20.8 Å². The van der Waals surface area contributed by atoms with Crippen LogP contribution in [0.4, 0.5) is 10.5 Å². The van der Waals surface area contributed by atoms with Gasteiger partial charge in [-0.05, 0) is 30.0 Å². The van der Waals surface area contributed by atoms with Crippen molar-refractivity contribution in [2.24, 2.45) is 11.8 Å². The van der Waals surface area contributed by atoms with E-state index in [1.54, 1.807) is 0 Å². The van der Waals surface area contributed by atoms with Gasteiger partial charge in [-0.3, -0.25) is 0 Å². The number of carbonyl (C=O) groups excluding carboxylic acids is 1. The lowest BCUT2D eigenvalue weighted by atomic mass is 9.98. The third-order valence-electron chi connectivity index (χ3n) is 3.18. The average Bonchev–Trinajstić information content (AvgIpc) is 2.38. The smallest absolute Gasteiger partial charge is 0.335 e. The molecule has 0 saturated carbocycles. The second-order valence-corrected chi connectivity index (χ2v) is 5.46. The molecule has 20 heavy (non-hydrogen) atoms. The largest absolute Gasteiger partial charge is 0.478 e. The Bertz CT molecular complexity index is 503. The molecule has 1 aromatic carbocycles. The predicted molar refractivity (Wildman–Crippen MR) is 79.4 cm³/mol. The van der Waals surface area contributed by atoms with Crippen molar-refractivity contribution in [1.82, 2.24) is 5.32 Å². The maximum atomic E-state index is 11.7. The Morgan fingerprint density at radius 2 is 1.95 bits per heavy atom. The molecule has 3 N–H and O–H groups in total. The van der Waals surface area contributed by atoms with Gasteiger partial charge in [0.15, 0.2) is 0 Å². The van der Waals surface area contributed by atoms with E-state index >= 15 is 0 Å². The van der Waals surface area contributed by atoms with Crippen molar-refractivity contribution in [3.8, 4) is 0 Å². The maximum Gasteiger partial charge on any atom is 0.335 e. The number of carboxylic acids is 1. The van der Waals surface area contributed by atoms with E-state index in [1.807, 2.05) is 6.92 Å². The van der Waals surface area contributed by atoms with Crippen molar-refractivity contribution >= 4 is 29.3 Å². The van der Waals surface area contributed by atoms with Crippen LogP contribution in [0.2, 0.25) is 5.02 Å². The first-order valence-electron chi connectivity index (χ1n) is 6.39.